The molecule has 0 bridgehead atoms. The number of anilines is 1. The summed E-state index contributed by atoms with van der Waals surface area (Å²) >= 11 is 0. The summed E-state index contributed by atoms with van der Waals surface area (Å²) in [5.74, 6) is 3.24. The highest BCUT2D eigenvalue weighted by atomic mass is 16.5. The lowest BCUT2D eigenvalue weighted by Gasteiger charge is -2.39. The molecular formula is C46H32N4O. The van der Waals surface area contributed by atoms with Crippen LogP contribution in [-0.2, 0) is 5.41 Å². The van der Waals surface area contributed by atoms with E-state index in [9.17, 15) is 0 Å². The van der Waals surface area contributed by atoms with E-state index >= 15 is 0 Å². The summed E-state index contributed by atoms with van der Waals surface area (Å²) in [6, 6.07) is 59.0. The Hall–Kier alpha value is -6.72. The minimum absolute atomic E-state index is 0.313. The van der Waals surface area contributed by atoms with Crippen LogP contribution in [0.2, 0.25) is 0 Å². The number of hydrogen-bond donors (Lipinski definition) is 2. The minimum Gasteiger partial charge on any atom is -0.457 e. The maximum absolute atomic E-state index is 6.96. The van der Waals surface area contributed by atoms with Gasteiger partial charge < -0.3 is 15.8 Å². The van der Waals surface area contributed by atoms with Crippen molar-refractivity contribution in [3.8, 4) is 33.8 Å². The maximum Gasteiger partial charge on any atom is 0.159 e. The van der Waals surface area contributed by atoms with E-state index < -0.39 is 5.41 Å². The lowest BCUT2D eigenvalue weighted by Crippen LogP contribution is -2.33. The normalized spacial score (nSPS) is 16.0. The fraction of sp³-hybridized carbons (Fsp3) is 0.0435. The molecule has 3 aliphatic rings. The standard InChI is InChI=1S/C46H32N4O/c47-40-28-35-33-17-7-8-18-36(33)46(37-19-9-11-21-41(37)51-42-22-12-10-20-38(42)46)39(35)27-34(40)29-23-25-32(26-24-29)45-49-43(30-13-3-1-4-14-30)48-44(50-45)31-15-5-2-6-16-31/h1-28,45H,47H2,(H,48,49,50). The first-order valence-electron chi connectivity index (χ1n) is 17.2. The molecule has 1 unspecified atom stereocenters. The molecule has 7 aromatic carbocycles. The largest absolute Gasteiger partial charge is 0.457 e. The molecule has 7 aromatic rings. The number of rotatable bonds is 4. The molecule has 10 rings (SSSR count). The van der Waals surface area contributed by atoms with Crippen LogP contribution >= 0.6 is 0 Å². The van der Waals surface area contributed by atoms with Gasteiger partial charge >= 0.3 is 0 Å². The van der Waals surface area contributed by atoms with Crippen molar-refractivity contribution in [2.24, 2.45) is 9.98 Å². The summed E-state index contributed by atoms with van der Waals surface area (Å²) < 4.78 is 6.53. The van der Waals surface area contributed by atoms with Crippen molar-refractivity contribution >= 4 is 17.4 Å². The van der Waals surface area contributed by atoms with E-state index in [-0.39, 0.29) is 6.17 Å². The molecule has 5 nitrogen and oxygen atoms in total. The molecular weight excluding hydrogens is 625 g/mol. The van der Waals surface area contributed by atoms with E-state index in [1.54, 1.807) is 0 Å². The zero-order valence-corrected chi connectivity index (χ0v) is 27.6. The molecule has 1 aliphatic carbocycles. The predicted molar refractivity (Wildman–Crippen MR) is 206 cm³/mol. The third-order valence-corrected chi connectivity index (χ3v) is 10.4. The minimum atomic E-state index is -0.554. The van der Waals surface area contributed by atoms with Crippen LogP contribution in [0.1, 0.15) is 45.1 Å². The molecule has 0 saturated heterocycles. The quantitative estimate of drug-likeness (QED) is 0.185. The molecule has 0 aromatic heterocycles. The monoisotopic (exact) mass is 656 g/mol. The predicted octanol–water partition coefficient (Wildman–Crippen LogP) is 9.90. The Kier molecular flexibility index (Phi) is 6.55. The van der Waals surface area contributed by atoms with Gasteiger partial charge in [0.05, 0.1) is 5.41 Å². The number of aliphatic imine (C=N–C) groups is 2. The van der Waals surface area contributed by atoms with Crippen LogP contribution in [0.15, 0.2) is 180 Å². The maximum atomic E-state index is 6.96. The molecule has 1 spiro atoms. The van der Waals surface area contributed by atoms with Gasteiger partial charge in [-0.3, -0.25) is 0 Å². The number of nitrogens with one attached hydrogen (secondary N) is 1. The number of hydrogen-bond acceptors (Lipinski definition) is 5. The molecule has 0 radical (unpaired) electrons. The average Bonchev–Trinajstić information content (AvgIpc) is 3.47. The van der Waals surface area contributed by atoms with Crippen molar-refractivity contribution in [2.75, 3.05) is 5.73 Å². The Labute approximate surface area is 296 Å². The van der Waals surface area contributed by atoms with Gasteiger partial charge in [-0.15, -0.1) is 0 Å². The van der Waals surface area contributed by atoms with Crippen LogP contribution in [0.4, 0.5) is 5.69 Å². The van der Waals surface area contributed by atoms with Gasteiger partial charge in [-0.25, -0.2) is 9.98 Å². The molecule has 51 heavy (non-hydrogen) atoms. The van der Waals surface area contributed by atoms with E-state index in [2.05, 4.69) is 115 Å². The molecule has 2 aliphatic heterocycles. The Morgan fingerprint density at radius 2 is 1.10 bits per heavy atom. The molecule has 1 atom stereocenters. The van der Waals surface area contributed by atoms with Crippen molar-refractivity contribution in [1.82, 2.24) is 5.32 Å². The highest BCUT2D eigenvalue weighted by Crippen LogP contribution is 2.62. The molecule has 0 amide bonds. The number of para-hydroxylation sites is 2. The van der Waals surface area contributed by atoms with Gasteiger partial charge in [-0.1, -0.05) is 146 Å². The Bertz CT molecular complexity index is 2490. The summed E-state index contributed by atoms with van der Waals surface area (Å²) in [6.07, 6.45) is -0.313. The van der Waals surface area contributed by atoms with Gasteiger partial charge in [0.1, 0.15) is 23.5 Å². The molecule has 0 saturated carbocycles. The van der Waals surface area contributed by atoms with Crippen molar-refractivity contribution in [3.05, 3.63) is 209 Å². The number of ether oxygens (including phenoxy) is 1. The molecule has 242 valence electrons. The third kappa shape index (κ3) is 4.48. The van der Waals surface area contributed by atoms with E-state index in [1.807, 2.05) is 60.7 Å². The van der Waals surface area contributed by atoms with Crippen molar-refractivity contribution in [3.63, 3.8) is 0 Å². The number of benzene rings is 7. The first-order chi connectivity index (χ1) is 25.2. The fourth-order valence-electron chi connectivity index (χ4n) is 8.09. The van der Waals surface area contributed by atoms with Crippen molar-refractivity contribution in [2.45, 2.75) is 11.6 Å². The van der Waals surface area contributed by atoms with E-state index in [4.69, 9.17) is 20.5 Å². The Morgan fingerprint density at radius 1 is 0.510 bits per heavy atom. The smallest absolute Gasteiger partial charge is 0.159 e. The van der Waals surface area contributed by atoms with Gasteiger partial charge in [0.15, 0.2) is 5.84 Å². The zero-order valence-electron chi connectivity index (χ0n) is 27.6. The highest BCUT2D eigenvalue weighted by Gasteiger charge is 2.51. The van der Waals surface area contributed by atoms with Gasteiger partial charge in [0.2, 0.25) is 0 Å². The topological polar surface area (TPSA) is 72.0 Å². The Balaban J connectivity index is 1.09. The van der Waals surface area contributed by atoms with Crippen LogP contribution < -0.4 is 15.8 Å². The summed E-state index contributed by atoms with van der Waals surface area (Å²) in [5, 5.41) is 3.58. The number of nitrogen functional groups attached to an aromatic ring is 1. The first-order valence-corrected chi connectivity index (χ1v) is 17.2. The fourth-order valence-corrected chi connectivity index (χ4v) is 8.09. The van der Waals surface area contributed by atoms with Gasteiger partial charge in [0.25, 0.3) is 0 Å². The first kappa shape index (κ1) is 29.2. The van der Waals surface area contributed by atoms with Gasteiger partial charge in [-0.2, -0.15) is 0 Å². The van der Waals surface area contributed by atoms with Crippen LogP contribution in [-0.4, -0.2) is 11.7 Å². The number of nitrogens with zero attached hydrogens (tertiary/aromatic N) is 2. The molecule has 0 fully saturated rings. The summed E-state index contributed by atoms with van der Waals surface area (Å²) in [6.45, 7) is 0. The Morgan fingerprint density at radius 3 is 1.78 bits per heavy atom. The number of amidine groups is 2. The van der Waals surface area contributed by atoms with E-state index in [0.29, 0.717) is 5.84 Å². The van der Waals surface area contributed by atoms with Gasteiger partial charge in [-0.05, 0) is 57.6 Å². The van der Waals surface area contributed by atoms with Crippen molar-refractivity contribution < 1.29 is 4.74 Å². The number of nitrogens with two attached hydrogens (primary N) is 1. The SMILES string of the molecule is Nc1cc2c(cc1-c1ccc(C3N=C(c4ccccc4)N=C(c4ccccc4)N3)cc1)C1(c3ccccc3Oc3ccccc31)c1ccccc1-2. The van der Waals surface area contributed by atoms with Crippen LogP contribution in [0.3, 0.4) is 0 Å². The summed E-state index contributed by atoms with van der Waals surface area (Å²) in [7, 11) is 0. The van der Waals surface area contributed by atoms with Crippen LogP contribution in [0.25, 0.3) is 22.3 Å². The van der Waals surface area contributed by atoms with Crippen molar-refractivity contribution in [1.29, 1.82) is 0 Å². The lowest BCUT2D eigenvalue weighted by molar-refractivity contribution is 0.436. The number of fused-ring (bicyclic) bond motifs is 9. The second kappa shape index (κ2) is 11.4. The molecule has 5 heteroatoms. The zero-order chi connectivity index (χ0) is 33.9. The lowest BCUT2D eigenvalue weighted by atomic mass is 9.66. The van der Waals surface area contributed by atoms with Gasteiger partial charge in [0, 0.05) is 33.5 Å². The highest BCUT2D eigenvalue weighted by molar-refractivity contribution is 6.13. The summed E-state index contributed by atoms with van der Waals surface area (Å²) in [4.78, 5) is 10.00. The van der Waals surface area contributed by atoms with Crippen LogP contribution in [0.5, 0.6) is 11.5 Å². The average molecular weight is 657 g/mol. The second-order valence-electron chi connectivity index (χ2n) is 13.2. The molecule has 3 N–H and O–H groups in total. The molecule has 2 heterocycles. The summed E-state index contributed by atoms with van der Waals surface area (Å²) in [5.41, 5.74) is 19.2. The van der Waals surface area contributed by atoms with E-state index in [0.717, 1.165) is 67.5 Å². The van der Waals surface area contributed by atoms with Crippen LogP contribution in [0, 0.1) is 0 Å². The third-order valence-electron chi connectivity index (χ3n) is 10.4. The van der Waals surface area contributed by atoms with E-state index in [1.165, 1.54) is 16.7 Å². The second-order valence-corrected chi connectivity index (χ2v) is 13.2.